The van der Waals surface area contributed by atoms with E-state index in [2.05, 4.69) is 23.9 Å². The largest absolute Gasteiger partial charge is 0.487 e. The lowest BCUT2D eigenvalue weighted by Gasteiger charge is -2.09. The zero-order valence-electron chi connectivity index (χ0n) is 12.0. The highest BCUT2D eigenvalue weighted by molar-refractivity contribution is 7.09. The minimum Gasteiger partial charge on any atom is -0.487 e. The molecule has 2 N–H and O–H groups in total. The third-order valence-electron chi connectivity index (χ3n) is 2.80. The van der Waals surface area contributed by atoms with Gasteiger partial charge in [0.15, 0.2) is 0 Å². The zero-order chi connectivity index (χ0) is 14.5. The lowest BCUT2D eigenvalue weighted by Crippen LogP contribution is -2.00. The molecule has 0 atom stereocenters. The molecule has 0 saturated heterocycles. The van der Waals surface area contributed by atoms with Crippen LogP contribution in [-0.2, 0) is 6.42 Å². The number of aryl methyl sites for hydroxylation is 1. The van der Waals surface area contributed by atoms with Crippen LogP contribution in [0.15, 0.2) is 35.7 Å². The van der Waals surface area contributed by atoms with Gasteiger partial charge in [-0.05, 0) is 43.5 Å². The van der Waals surface area contributed by atoms with Crippen molar-refractivity contribution >= 4 is 17.0 Å². The molecule has 0 saturated carbocycles. The molecule has 0 amide bonds. The van der Waals surface area contributed by atoms with Crippen molar-refractivity contribution in [3.63, 3.8) is 0 Å². The maximum absolute atomic E-state index is 6.03. The number of ether oxygens (including phenoxy) is 1. The first-order chi connectivity index (χ1) is 9.60. The number of hydrogen-bond acceptors (Lipinski definition) is 4. The van der Waals surface area contributed by atoms with Crippen molar-refractivity contribution in [3.8, 4) is 17.0 Å². The molecule has 0 fully saturated rings. The highest BCUT2D eigenvalue weighted by atomic mass is 32.1. The van der Waals surface area contributed by atoms with E-state index in [0.717, 1.165) is 29.7 Å². The first kappa shape index (κ1) is 14.6. The Hall–Kier alpha value is -1.81. The average molecular weight is 288 g/mol. The van der Waals surface area contributed by atoms with Gasteiger partial charge in [0.05, 0.1) is 16.4 Å². The molecule has 2 rings (SSSR count). The lowest BCUT2D eigenvalue weighted by atomic mass is 10.1. The number of thiazole rings is 1. The van der Waals surface area contributed by atoms with Gasteiger partial charge in [0.25, 0.3) is 0 Å². The summed E-state index contributed by atoms with van der Waals surface area (Å²) < 4.78 is 5.59. The molecule has 106 valence electrons. The molecule has 0 spiro atoms. The van der Waals surface area contributed by atoms with E-state index >= 15 is 0 Å². The van der Waals surface area contributed by atoms with Crippen molar-refractivity contribution in [2.24, 2.45) is 0 Å². The summed E-state index contributed by atoms with van der Waals surface area (Å²) in [4.78, 5) is 4.62. The second-order valence-electron chi connectivity index (χ2n) is 4.87. The van der Waals surface area contributed by atoms with Crippen LogP contribution in [0.25, 0.3) is 11.3 Å². The van der Waals surface area contributed by atoms with E-state index in [1.54, 1.807) is 11.3 Å². The van der Waals surface area contributed by atoms with Crippen LogP contribution in [0.2, 0.25) is 0 Å². The van der Waals surface area contributed by atoms with Gasteiger partial charge in [-0.1, -0.05) is 13.5 Å². The van der Waals surface area contributed by atoms with Crippen LogP contribution in [0.4, 0.5) is 5.69 Å². The van der Waals surface area contributed by atoms with E-state index in [4.69, 9.17) is 10.5 Å². The van der Waals surface area contributed by atoms with E-state index in [-0.39, 0.29) is 0 Å². The maximum atomic E-state index is 6.03. The monoisotopic (exact) mass is 288 g/mol. The summed E-state index contributed by atoms with van der Waals surface area (Å²) in [6.07, 6.45) is 2.14. The van der Waals surface area contributed by atoms with Gasteiger partial charge in [0.2, 0.25) is 0 Å². The smallest absolute Gasteiger partial charge is 0.142 e. The van der Waals surface area contributed by atoms with Crippen LogP contribution in [0.5, 0.6) is 5.75 Å². The highest BCUT2D eigenvalue weighted by Crippen LogP contribution is 2.29. The molecule has 0 radical (unpaired) electrons. The Morgan fingerprint density at radius 3 is 2.90 bits per heavy atom. The van der Waals surface area contributed by atoms with Crippen LogP contribution in [-0.4, -0.2) is 11.6 Å². The van der Waals surface area contributed by atoms with E-state index in [9.17, 15) is 0 Å². The van der Waals surface area contributed by atoms with Gasteiger partial charge in [-0.2, -0.15) is 0 Å². The number of nitrogens with zero attached hydrogens (tertiary/aromatic N) is 1. The summed E-state index contributed by atoms with van der Waals surface area (Å²) >= 11 is 1.70. The molecule has 0 aliphatic rings. The van der Waals surface area contributed by atoms with Crippen LogP contribution in [0.3, 0.4) is 0 Å². The minimum atomic E-state index is 0.487. The lowest BCUT2D eigenvalue weighted by molar-refractivity contribution is 0.354. The van der Waals surface area contributed by atoms with Crippen molar-refractivity contribution in [1.29, 1.82) is 0 Å². The Bertz CT molecular complexity index is 604. The molecule has 1 aromatic carbocycles. The van der Waals surface area contributed by atoms with E-state index in [1.807, 2.05) is 25.1 Å². The van der Waals surface area contributed by atoms with Gasteiger partial charge in [-0.25, -0.2) is 4.98 Å². The molecule has 20 heavy (non-hydrogen) atoms. The maximum Gasteiger partial charge on any atom is 0.142 e. The molecular weight excluding hydrogens is 268 g/mol. The second-order valence-corrected chi connectivity index (χ2v) is 5.82. The molecule has 0 bridgehead atoms. The summed E-state index contributed by atoms with van der Waals surface area (Å²) in [7, 11) is 0. The fourth-order valence-corrected chi connectivity index (χ4v) is 2.72. The van der Waals surface area contributed by atoms with Crippen molar-refractivity contribution in [1.82, 2.24) is 4.98 Å². The molecule has 4 heteroatoms. The number of aromatic nitrogens is 1. The Morgan fingerprint density at radius 2 is 2.25 bits per heavy atom. The Morgan fingerprint density at radius 1 is 1.45 bits per heavy atom. The van der Waals surface area contributed by atoms with Crippen LogP contribution in [0, 0.1) is 0 Å². The van der Waals surface area contributed by atoms with Crippen LogP contribution in [0.1, 0.15) is 25.3 Å². The third kappa shape index (κ3) is 3.61. The summed E-state index contributed by atoms with van der Waals surface area (Å²) in [5, 5.41) is 3.25. The molecule has 1 heterocycles. The van der Waals surface area contributed by atoms with Gasteiger partial charge >= 0.3 is 0 Å². The normalized spacial score (nSPS) is 10.5. The van der Waals surface area contributed by atoms with Gasteiger partial charge in [0.1, 0.15) is 12.4 Å². The van der Waals surface area contributed by atoms with Crippen molar-refractivity contribution in [2.75, 3.05) is 12.3 Å². The molecule has 0 aliphatic heterocycles. The van der Waals surface area contributed by atoms with Crippen LogP contribution < -0.4 is 10.5 Å². The van der Waals surface area contributed by atoms with Crippen molar-refractivity contribution in [3.05, 3.63) is 40.7 Å². The van der Waals surface area contributed by atoms with Gasteiger partial charge < -0.3 is 10.5 Å². The number of nitrogen functional groups attached to an aromatic ring is 1. The minimum absolute atomic E-state index is 0.487. The molecule has 0 unspecified atom stereocenters. The highest BCUT2D eigenvalue weighted by Gasteiger charge is 2.07. The summed E-state index contributed by atoms with van der Waals surface area (Å²) in [6.45, 7) is 8.38. The SMILES string of the molecule is C=C(C)COc1ccc(-c2csc(CCC)n2)cc1N. The average Bonchev–Trinajstić information content (AvgIpc) is 2.86. The van der Waals surface area contributed by atoms with Crippen LogP contribution >= 0.6 is 11.3 Å². The Balaban J connectivity index is 2.16. The standard InChI is InChI=1S/C16H20N2OS/c1-4-5-16-18-14(10-20-16)12-6-7-15(13(17)8-12)19-9-11(2)3/h6-8,10H,2,4-5,9,17H2,1,3H3. The number of hydrogen-bond donors (Lipinski definition) is 1. The summed E-state index contributed by atoms with van der Waals surface area (Å²) in [6, 6.07) is 5.81. The van der Waals surface area contributed by atoms with Gasteiger partial charge in [-0.15, -0.1) is 11.3 Å². The number of benzene rings is 1. The molecule has 0 aliphatic carbocycles. The molecule has 2 aromatic rings. The molecule has 3 nitrogen and oxygen atoms in total. The van der Waals surface area contributed by atoms with E-state index in [1.165, 1.54) is 5.01 Å². The third-order valence-corrected chi connectivity index (χ3v) is 3.70. The van der Waals surface area contributed by atoms with Crippen molar-refractivity contribution in [2.45, 2.75) is 26.7 Å². The number of anilines is 1. The Kier molecular flexibility index (Phi) is 4.79. The second kappa shape index (κ2) is 6.57. The quantitative estimate of drug-likeness (QED) is 0.637. The molecule has 1 aromatic heterocycles. The van der Waals surface area contributed by atoms with E-state index < -0.39 is 0 Å². The van der Waals surface area contributed by atoms with Gasteiger partial charge in [0, 0.05) is 10.9 Å². The van der Waals surface area contributed by atoms with Crippen molar-refractivity contribution < 1.29 is 4.74 Å². The van der Waals surface area contributed by atoms with E-state index in [0.29, 0.717) is 18.0 Å². The zero-order valence-corrected chi connectivity index (χ0v) is 12.8. The number of rotatable bonds is 6. The number of nitrogens with two attached hydrogens (primary N) is 1. The Labute approximate surface area is 124 Å². The fourth-order valence-electron chi connectivity index (χ4n) is 1.81. The molecular formula is C16H20N2OS. The summed E-state index contributed by atoms with van der Waals surface area (Å²) in [5.74, 6) is 0.695. The fraction of sp³-hybridized carbons (Fsp3) is 0.312. The summed E-state index contributed by atoms with van der Waals surface area (Å²) in [5.41, 5.74) is 9.65. The van der Waals surface area contributed by atoms with Gasteiger partial charge in [-0.3, -0.25) is 0 Å². The predicted octanol–water partition coefficient (Wildman–Crippen LogP) is 4.30. The first-order valence-corrected chi connectivity index (χ1v) is 7.59. The first-order valence-electron chi connectivity index (χ1n) is 6.71. The predicted molar refractivity (Wildman–Crippen MR) is 86.3 cm³/mol. The topological polar surface area (TPSA) is 48.1 Å².